The maximum atomic E-state index is 12.0. The highest BCUT2D eigenvalue weighted by molar-refractivity contribution is 6.42. The second-order valence-electron chi connectivity index (χ2n) is 5.47. The van der Waals surface area contributed by atoms with E-state index in [1.807, 2.05) is 25.1 Å². The van der Waals surface area contributed by atoms with E-state index in [0.717, 1.165) is 22.4 Å². The number of fused-ring (bicyclic) bond motifs is 1. The molecule has 2 aromatic rings. The van der Waals surface area contributed by atoms with E-state index in [-0.39, 0.29) is 11.8 Å². The molecule has 1 aliphatic heterocycles. The van der Waals surface area contributed by atoms with Gasteiger partial charge < -0.3 is 5.32 Å². The molecule has 1 atom stereocenters. The Hall–Kier alpha value is -1.51. The molecule has 1 aliphatic rings. The zero-order valence-corrected chi connectivity index (χ0v) is 13.3. The highest BCUT2D eigenvalue weighted by Gasteiger charge is 2.28. The Labute approximate surface area is 134 Å². The van der Waals surface area contributed by atoms with Crippen molar-refractivity contribution in [3.8, 4) is 0 Å². The number of benzene rings is 2. The quantitative estimate of drug-likeness (QED) is 0.779. The van der Waals surface area contributed by atoms with Crippen molar-refractivity contribution in [3.05, 3.63) is 62.6 Å². The summed E-state index contributed by atoms with van der Waals surface area (Å²) in [6, 6.07) is 9.73. The Balaban J connectivity index is 2.19. The summed E-state index contributed by atoms with van der Waals surface area (Å²) >= 11 is 12.5. The zero-order chi connectivity index (χ0) is 15.1. The van der Waals surface area contributed by atoms with Crippen molar-refractivity contribution >= 4 is 34.8 Å². The molecule has 0 radical (unpaired) electrons. The van der Waals surface area contributed by atoms with Crippen molar-refractivity contribution in [2.24, 2.45) is 0 Å². The van der Waals surface area contributed by atoms with Crippen LogP contribution in [0.15, 0.2) is 30.3 Å². The Morgan fingerprint density at radius 3 is 2.57 bits per heavy atom. The summed E-state index contributed by atoms with van der Waals surface area (Å²) in [5.74, 6) is -0.0500. The predicted octanol–water partition coefficient (Wildman–Crippen LogP) is 5.08. The van der Waals surface area contributed by atoms with Gasteiger partial charge in [0.05, 0.1) is 10.0 Å². The van der Waals surface area contributed by atoms with Gasteiger partial charge in [0.2, 0.25) is 5.91 Å². The van der Waals surface area contributed by atoms with E-state index in [1.54, 1.807) is 6.07 Å². The van der Waals surface area contributed by atoms with Crippen molar-refractivity contribution in [2.45, 2.75) is 26.2 Å². The first-order chi connectivity index (χ1) is 9.97. The third kappa shape index (κ3) is 2.54. The van der Waals surface area contributed by atoms with E-state index >= 15 is 0 Å². The number of carbonyl (C=O) groups is 1. The van der Waals surface area contributed by atoms with Gasteiger partial charge in [0, 0.05) is 18.0 Å². The van der Waals surface area contributed by atoms with Crippen LogP contribution in [0.25, 0.3) is 0 Å². The maximum absolute atomic E-state index is 12.0. The molecule has 1 N–H and O–H groups in total. The van der Waals surface area contributed by atoms with E-state index in [2.05, 4.69) is 18.3 Å². The number of hydrogen-bond donors (Lipinski definition) is 1. The second-order valence-corrected chi connectivity index (χ2v) is 6.26. The van der Waals surface area contributed by atoms with Gasteiger partial charge in [-0.05, 0) is 48.2 Å². The van der Waals surface area contributed by atoms with Crippen LogP contribution in [-0.4, -0.2) is 5.91 Å². The normalized spacial score (nSPS) is 17.3. The van der Waals surface area contributed by atoms with Crippen molar-refractivity contribution in [3.63, 3.8) is 0 Å². The fourth-order valence-electron chi connectivity index (χ4n) is 2.80. The second kappa shape index (κ2) is 5.36. The van der Waals surface area contributed by atoms with Gasteiger partial charge in [0.15, 0.2) is 0 Å². The number of anilines is 1. The number of amides is 1. The average molecular weight is 320 g/mol. The summed E-state index contributed by atoms with van der Waals surface area (Å²) in [7, 11) is 0. The van der Waals surface area contributed by atoms with Crippen LogP contribution in [-0.2, 0) is 4.79 Å². The van der Waals surface area contributed by atoms with Gasteiger partial charge in [-0.25, -0.2) is 0 Å². The van der Waals surface area contributed by atoms with Crippen LogP contribution in [0.3, 0.4) is 0 Å². The smallest absolute Gasteiger partial charge is 0.225 e. The fourth-order valence-corrected chi connectivity index (χ4v) is 3.24. The largest absolute Gasteiger partial charge is 0.326 e. The van der Waals surface area contributed by atoms with Gasteiger partial charge in [0.25, 0.3) is 0 Å². The standard InChI is InChI=1S/C17H15Cl2NO/c1-9-6-13-12(11-4-3-5-14(18)17(11)19)8-16(21)20-15(13)7-10(9)2/h3-7,12H,8H2,1-2H3,(H,20,21)/t12-/m0/s1. The average Bonchev–Trinajstić information content (AvgIpc) is 2.43. The molecule has 2 nitrogen and oxygen atoms in total. The maximum Gasteiger partial charge on any atom is 0.225 e. The third-order valence-corrected chi connectivity index (χ3v) is 4.90. The van der Waals surface area contributed by atoms with Crippen molar-refractivity contribution in [1.29, 1.82) is 0 Å². The van der Waals surface area contributed by atoms with Gasteiger partial charge in [0.1, 0.15) is 0 Å². The van der Waals surface area contributed by atoms with Crippen LogP contribution in [0.4, 0.5) is 5.69 Å². The zero-order valence-electron chi connectivity index (χ0n) is 11.8. The minimum absolute atomic E-state index is 0.00629. The Morgan fingerprint density at radius 1 is 1.10 bits per heavy atom. The summed E-state index contributed by atoms with van der Waals surface area (Å²) < 4.78 is 0. The molecule has 21 heavy (non-hydrogen) atoms. The fraction of sp³-hybridized carbons (Fsp3) is 0.235. The SMILES string of the molecule is Cc1cc2c(cc1C)[C@H](c1cccc(Cl)c1Cl)CC(=O)N2. The molecule has 1 heterocycles. The van der Waals surface area contributed by atoms with Gasteiger partial charge in [-0.3, -0.25) is 4.79 Å². The first-order valence-electron chi connectivity index (χ1n) is 6.82. The first-order valence-corrected chi connectivity index (χ1v) is 7.58. The predicted molar refractivity (Wildman–Crippen MR) is 87.5 cm³/mol. The highest BCUT2D eigenvalue weighted by atomic mass is 35.5. The topological polar surface area (TPSA) is 29.1 Å². The first kappa shape index (κ1) is 14.4. The highest BCUT2D eigenvalue weighted by Crippen LogP contribution is 2.42. The molecular weight excluding hydrogens is 305 g/mol. The van der Waals surface area contributed by atoms with Gasteiger partial charge in [-0.15, -0.1) is 0 Å². The summed E-state index contributed by atoms with van der Waals surface area (Å²) in [4.78, 5) is 12.0. The molecule has 0 aliphatic carbocycles. The minimum atomic E-state index is -0.0563. The molecular formula is C17H15Cl2NO. The Kier molecular flexibility index (Phi) is 3.68. The lowest BCUT2D eigenvalue weighted by Crippen LogP contribution is -2.24. The lowest BCUT2D eigenvalue weighted by molar-refractivity contribution is -0.116. The molecule has 0 unspecified atom stereocenters. The van der Waals surface area contributed by atoms with E-state index < -0.39 is 0 Å². The molecule has 0 fully saturated rings. The number of aryl methyl sites for hydroxylation is 2. The molecule has 0 aromatic heterocycles. The molecule has 0 saturated heterocycles. The van der Waals surface area contributed by atoms with Gasteiger partial charge >= 0.3 is 0 Å². The van der Waals surface area contributed by atoms with Gasteiger partial charge in [-0.1, -0.05) is 41.4 Å². The molecule has 0 spiro atoms. The lowest BCUT2D eigenvalue weighted by Gasteiger charge is -2.28. The summed E-state index contributed by atoms with van der Waals surface area (Å²) in [5, 5.41) is 4.00. The van der Waals surface area contributed by atoms with Crippen LogP contribution in [0.5, 0.6) is 0 Å². The monoisotopic (exact) mass is 319 g/mol. The van der Waals surface area contributed by atoms with E-state index in [1.165, 1.54) is 5.56 Å². The Morgan fingerprint density at radius 2 is 1.81 bits per heavy atom. The number of hydrogen-bond acceptors (Lipinski definition) is 1. The molecule has 1 amide bonds. The van der Waals surface area contributed by atoms with Crippen molar-refractivity contribution in [1.82, 2.24) is 0 Å². The van der Waals surface area contributed by atoms with E-state index in [0.29, 0.717) is 16.5 Å². The van der Waals surface area contributed by atoms with E-state index in [9.17, 15) is 4.79 Å². The molecule has 0 saturated carbocycles. The Bertz CT molecular complexity index is 740. The van der Waals surface area contributed by atoms with Crippen LogP contribution in [0.1, 0.15) is 34.6 Å². The van der Waals surface area contributed by atoms with Crippen molar-refractivity contribution in [2.75, 3.05) is 5.32 Å². The van der Waals surface area contributed by atoms with Crippen LogP contribution < -0.4 is 5.32 Å². The van der Waals surface area contributed by atoms with Crippen LogP contribution >= 0.6 is 23.2 Å². The molecule has 108 valence electrons. The summed E-state index contributed by atoms with van der Waals surface area (Å²) in [6.07, 6.45) is 0.384. The van der Waals surface area contributed by atoms with Gasteiger partial charge in [-0.2, -0.15) is 0 Å². The number of halogens is 2. The lowest BCUT2D eigenvalue weighted by atomic mass is 9.83. The molecule has 3 rings (SSSR count). The molecule has 2 aromatic carbocycles. The minimum Gasteiger partial charge on any atom is -0.326 e. The third-order valence-electron chi connectivity index (χ3n) is 4.06. The molecule has 4 heteroatoms. The van der Waals surface area contributed by atoms with Crippen LogP contribution in [0.2, 0.25) is 10.0 Å². The summed E-state index contributed by atoms with van der Waals surface area (Å²) in [6.45, 7) is 4.11. The van der Waals surface area contributed by atoms with Crippen molar-refractivity contribution < 1.29 is 4.79 Å². The number of carbonyl (C=O) groups excluding carboxylic acids is 1. The summed E-state index contributed by atoms with van der Waals surface area (Å²) in [5.41, 5.74) is 5.24. The number of rotatable bonds is 1. The molecule has 0 bridgehead atoms. The number of nitrogens with one attached hydrogen (secondary N) is 1. The van der Waals surface area contributed by atoms with Crippen LogP contribution in [0, 0.1) is 13.8 Å². The van der Waals surface area contributed by atoms with E-state index in [4.69, 9.17) is 23.2 Å².